The smallest absolute Gasteiger partial charge is 0.363 e. The van der Waals surface area contributed by atoms with Crippen molar-refractivity contribution in [1.82, 2.24) is 15.2 Å². The van der Waals surface area contributed by atoms with Crippen LogP contribution in [0.4, 0.5) is 0 Å². The molecule has 17 heavy (non-hydrogen) atoms. The highest BCUT2D eigenvalue weighted by Crippen LogP contribution is 2.23. The number of aromatic nitrogens is 1. The summed E-state index contributed by atoms with van der Waals surface area (Å²) in [6.07, 6.45) is 1.66. The number of hydrogen-bond acceptors (Lipinski definition) is 6. The van der Waals surface area contributed by atoms with Crippen LogP contribution in [0.3, 0.4) is 0 Å². The van der Waals surface area contributed by atoms with Gasteiger partial charge in [0.2, 0.25) is 0 Å². The molecule has 0 aromatic carbocycles. The van der Waals surface area contributed by atoms with Crippen molar-refractivity contribution in [1.29, 1.82) is 0 Å². The molecule has 0 spiro atoms. The molecule has 0 aliphatic carbocycles. The van der Waals surface area contributed by atoms with Crippen LogP contribution < -0.4 is 5.32 Å². The standard InChI is InChI=1S/C8H8Cl2N4O2S/c9-6(14(15)16)7-11-1-2-13(7)4-5-3-12-8(10)17-5/h3,11H,1-2,4H2. The Kier molecular flexibility index (Phi) is 3.70. The number of nitro groups is 1. The van der Waals surface area contributed by atoms with Crippen LogP contribution in [0.1, 0.15) is 4.88 Å². The zero-order valence-corrected chi connectivity index (χ0v) is 10.8. The number of rotatable bonds is 3. The number of hydrogen-bond donors (Lipinski definition) is 1. The maximum Gasteiger partial charge on any atom is 0.377 e. The minimum Gasteiger partial charge on any atom is -0.363 e. The molecule has 1 aliphatic heterocycles. The van der Waals surface area contributed by atoms with Gasteiger partial charge in [0.15, 0.2) is 10.3 Å². The minimum atomic E-state index is -0.609. The van der Waals surface area contributed by atoms with Crippen LogP contribution >= 0.6 is 34.5 Å². The second-order valence-corrected chi connectivity index (χ2v) is 5.38. The van der Waals surface area contributed by atoms with E-state index in [1.54, 1.807) is 11.1 Å². The fourth-order valence-corrected chi connectivity index (χ4v) is 2.71. The van der Waals surface area contributed by atoms with Crippen molar-refractivity contribution in [2.45, 2.75) is 6.54 Å². The Balaban J connectivity index is 2.16. The lowest BCUT2D eigenvalue weighted by Gasteiger charge is -2.15. The SMILES string of the molecule is O=[N+]([O-])C(Cl)=C1NCCN1Cc1cnc(Cl)s1. The van der Waals surface area contributed by atoms with Crippen LogP contribution in [0, 0.1) is 10.1 Å². The summed E-state index contributed by atoms with van der Waals surface area (Å²) in [6, 6.07) is 0. The van der Waals surface area contributed by atoms with E-state index in [4.69, 9.17) is 23.2 Å². The molecule has 0 amide bonds. The first-order valence-electron chi connectivity index (χ1n) is 4.71. The summed E-state index contributed by atoms with van der Waals surface area (Å²) in [5.41, 5.74) is 0. The van der Waals surface area contributed by atoms with Crippen molar-refractivity contribution in [2.75, 3.05) is 13.1 Å². The molecule has 0 unspecified atom stereocenters. The lowest BCUT2D eigenvalue weighted by atomic mass is 10.4. The van der Waals surface area contributed by atoms with Gasteiger partial charge >= 0.3 is 5.16 Å². The van der Waals surface area contributed by atoms with Crippen molar-refractivity contribution in [2.24, 2.45) is 0 Å². The van der Waals surface area contributed by atoms with Crippen molar-refractivity contribution in [3.63, 3.8) is 0 Å². The highest BCUT2D eigenvalue weighted by atomic mass is 35.5. The third-order valence-electron chi connectivity index (χ3n) is 2.22. The Morgan fingerprint density at radius 1 is 1.76 bits per heavy atom. The zero-order chi connectivity index (χ0) is 12.4. The van der Waals surface area contributed by atoms with Crippen molar-refractivity contribution in [3.8, 4) is 0 Å². The summed E-state index contributed by atoms with van der Waals surface area (Å²) in [4.78, 5) is 16.6. The van der Waals surface area contributed by atoms with E-state index in [1.165, 1.54) is 11.3 Å². The van der Waals surface area contributed by atoms with Crippen LogP contribution in [0.15, 0.2) is 17.2 Å². The molecule has 0 saturated carbocycles. The van der Waals surface area contributed by atoms with Gasteiger partial charge in [-0.25, -0.2) is 4.98 Å². The van der Waals surface area contributed by atoms with Gasteiger partial charge in [-0.15, -0.1) is 11.3 Å². The molecule has 0 atom stereocenters. The molecular weight excluding hydrogens is 287 g/mol. The molecule has 1 aromatic heterocycles. The first-order chi connectivity index (χ1) is 8.08. The largest absolute Gasteiger partial charge is 0.377 e. The molecule has 9 heteroatoms. The van der Waals surface area contributed by atoms with Gasteiger partial charge in [0.25, 0.3) is 0 Å². The summed E-state index contributed by atoms with van der Waals surface area (Å²) in [7, 11) is 0. The fourth-order valence-electron chi connectivity index (χ4n) is 1.53. The summed E-state index contributed by atoms with van der Waals surface area (Å²) in [5, 5.41) is 13.1. The highest BCUT2D eigenvalue weighted by molar-refractivity contribution is 7.15. The molecule has 0 radical (unpaired) electrons. The van der Waals surface area contributed by atoms with Gasteiger partial charge in [-0.2, -0.15) is 0 Å². The van der Waals surface area contributed by atoms with E-state index in [0.717, 1.165) is 4.88 Å². The maximum atomic E-state index is 10.6. The molecule has 2 heterocycles. The van der Waals surface area contributed by atoms with E-state index in [-0.39, 0.29) is 0 Å². The van der Waals surface area contributed by atoms with E-state index in [0.29, 0.717) is 29.9 Å². The van der Waals surface area contributed by atoms with Crippen LogP contribution in [0.2, 0.25) is 4.47 Å². The Hall–Kier alpha value is -1.05. The van der Waals surface area contributed by atoms with Crippen molar-refractivity contribution < 1.29 is 4.92 Å². The van der Waals surface area contributed by atoms with E-state index in [2.05, 4.69) is 10.3 Å². The lowest BCUT2D eigenvalue weighted by Crippen LogP contribution is -2.21. The molecule has 1 N–H and O–H groups in total. The highest BCUT2D eigenvalue weighted by Gasteiger charge is 2.26. The Morgan fingerprint density at radius 2 is 2.53 bits per heavy atom. The Morgan fingerprint density at radius 3 is 3.12 bits per heavy atom. The molecule has 1 saturated heterocycles. The van der Waals surface area contributed by atoms with Gasteiger partial charge in [-0.1, -0.05) is 11.6 Å². The van der Waals surface area contributed by atoms with Crippen LogP contribution in [-0.4, -0.2) is 27.9 Å². The number of nitrogens with zero attached hydrogens (tertiary/aromatic N) is 3. The lowest BCUT2D eigenvalue weighted by molar-refractivity contribution is -0.414. The van der Waals surface area contributed by atoms with Crippen LogP contribution in [0.5, 0.6) is 0 Å². The summed E-state index contributed by atoms with van der Waals surface area (Å²) in [6.45, 7) is 1.80. The van der Waals surface area contributed by atoms with E-state index >= 15 is 0 Å². The second-order valence-electron chi connectivity index (χ2n) is 3.32. The van der Waals surface area contributed by atoms with Crippen LogP contribution in [-0.2, 0) is 6.54 Å². The van der Waals surface area contributed by atoms with Gasteiger partial charge in [-0.3, -0.25) is 10.1 Å². The summed E-state index contributed by atoms with van der Waals surface area (Å²) < 4.78 is 0.457. The molecular formula is C8H8Cl2N4O2S. The molecule has 6 nitrogen and oxygen atoms in total. The fraction of sp³-hybridized carbons (Fsp3) is 0.375. The molecule has 2 rings (SSSR count). The van der Waals surface area contributed by atoms with E-state index < -0.39 is 10.1 Å². The van der Waals surface area contributed by atoms with Crippen molar-refractivity contribution in [3.05, 3.63) is 36.6 Å². The molecule has 92 valence electrons. The first-order valence-corrected chi connectivity index (χ1v) is 6.28. The third-order valence-corrected chi connectivity index (χ3v) is 3.63. The van der Waals surface area contributed by atoms with Crippen molar-refractivity contribution >= 4 is 34.5 Å². The minimum absolute atomic E-state index is 0.348. The average Bonchev–Trinajstić information content (AvgIpc) is 2.87. The first kappa shape index (κ1) is 12.4. The normalized spacial score (nSPS) is 18.1. The zero-order valence-electron chi connectivity index (χ0n) is 8.52. The van der Waals surface area contributed by atoms with Gasteiger partial charge in [0.05, 0.1) is 11.5 Å². The number of halogens is 2. The van der Waals surface area contributed by atoms with E-state index in [1.807, 2.05) is 0 Å². The quantitative estimate of drug-likeness (QED) is 0.523. The third kappa shape index (κ3) is 2.80. The number of nitrogens with one attached hydrogen (secondary N) is 1. The molecule has 1 aliphatic rings. The van der Waals surface area contributed by atoms with Gasteiger partial charge in [0, 0.05) is 24.2 Å². The van der Waals surface area contributed by atoms with Crippen LogP contribution in [0.25, 0.3) is 0 Å². The number of thiazole rings is 1. The van der Waals surface area contributed by atoms with E-state index in [9.17, 15) is 10.1 Å². The maximum absolute atomic E-state index is 10.6. The van der Waals surface area contributed by atoms with Gasteiger partial charge in [-0.05, 0) is 11.6 Å². The molecule has 1 aromatic rings. The monoisotopic (exact) mass is 294 g/mol. The topological polar surface area (TPSA) is 71.3 Å². The predicted octanol–water partition coefficient (Wildman–Crippen LogP) is 1.84. The molecule has 1 fully saturated rings. The van der Waals surface area contributed by atoms with Gasteiger partial charge in [0.1, 0.15) is 0 Å². The Bertz CT molecular complexity index is 476. The summed E-state index contributed by atoms with van der Waals surface area (Å²) >= 11 is 12.7. The second kappa shape index (κ2) is 5.07. The summed E-state index contributed by atoms with van der Waals surface area (Å²) in [5.74, 6) is 0.348. The Labute approximate surface area is 111 Å². The average molecular weight is 295 g/mol. The predicted molar refractivity (Wildman–Crippen MR) is 65.4 cm³/mol. The van der Waals surface area contributed by atoms with Gasteiger partial charge < -0.3 is 10.2 Å². The molecule has 0 bridgehead atoms.